The molecule has 0 saturated heterocycles. The zero-order valence-electron chi connectivity index (χ0n) is 7.37. The third-order valence-electron chi connectivity index (χ3n) is 2.11. The lowest BCUT2D eigenvalue weighted by atomic mass is 10.0. The van der Waals surface area contributed by atoms with E-state index in [0.29, 0.717) is 24.4 Å². The van der Waals surface area contributed by atoms with E-state index < -0.39 is 0 Å². The molecule has 0 amide bonds. The van der Waals surface area contributed by atoms with E-state index in [4.69, 9.17) is 9.15 Å². The Morgan fingerprint density at radius 3 is 2.92 bits per heavy atom. The minimum Gasteiger partial charge on any atom is -0.500 e. The minimum absolute atomic E-state index is 0.0174. The van der Waals surface area contributed by atoms with Crippen molar-refractivity contribution < 1.29 is 13.9 Å². The lowest BCUT2D eigenvalue weighted by Crippen LogP contribution is -2.01. The first kappa shape index (κ1) is 8.10. The van der Waals surface area contributed by atoms with Crippen LogP contribution in [0, 0.1) is 6.92 Å². The number of carbonyl (C=O) groups is 1. The summed E-state index contributed by atoms with van der Waals surface area (Å²) in [6.45, 7) is 2.39. The van der Waals surface area contributed by atoms with Crippen molar-refractivity contribution in [1.82, 2.24) is 0 Å². The summed E-state index contributed by atoms with van der Waals surface area (Å²) in [7, 11) is 0. The van der Waals surface area contributed by atoms with Crippen LogP contribution in [0.5, 0.6) is 0 Å². The normalized spacial score (nSPS) is 15.3. The molecule has 68 valence electrons. The molecule has 0 aromatic carbocycles. The van der Waals surface area contributed by atoms with Gasteiger partial charge in [0.1, 0.15) is 5.76 Å². The second kappa shape index (κ2) is 3.09. The first-order valence-electron chi connectivity index (χ1n) is 4.18. The van der Waals surface area contributed by atoms with Crippen molar-refractivity contribution in [1.29, 1.82) is 0 Å². The fraction of sp³-hybridized carbons (Fsp3) is 0.300. The number of hydrogen-bond donors (Lipinski definition) is 0. The summed E-state index contributed by atoms with van der Waals surface area (Å²) >= 11 is 0. The van der Waals surface area contributed by atoms with Crippen LogP contribution >= 0.6 is 0 Å². The monoisotopic (exact) mass is 178 g/mol. The van der Waals surface area contributed by atoms with Gasteiger partial charge in [-0.2, -0.15) is 0 Å². The number of rotatable bonds is 2. The molecule has 0 saturated carbocycles. The van der Waals surface area contributed by atoms with Crippen molar-refractivity contribution in [2.24, 2.45) is 0 Å². The maximum absolute atomic E-state index is 11.7. The van der Waals surface area contributed by atoms with Gasteiger partial charge < -0.3 is 9.15 Å². The van der Waals surface area contributed by atoms with Gasteiger partial charge in [0.15, 0.2) is 5.78 Å². The average Bonchev–Trinajstić information content (AvgIpc) is 2.72. The average molecular weight is 178 g/mol. The zero-order valence-corrected chi connectivity index (χ0v) is 7.37. The van der Waals surface area contributed by atoms with Crippen molar-refractivity contribution in [2.45, 2.75) is 13.3 Å². The highest BCUT2D eigenvalue weighted by Gasteiger charge is 2.19. The van der Waals surface area contributed by atoms with Crippen molar-refractivity contribution in [3.05, 3.63) is 35.5 Å². The fourth-order valence-corrected chi connectivity index (χ4v) is 1.35. The van der Waals surface area contributed by atoms with Gasteiger partial charge in [-0.25, -0.2) is 0 Å². The van der Waals surface area contributed by atoms with Crippen LogP contribution in [-0.2, 0) is 4.74 Å². The van der Waals surface area contributed by atoms with E-state index >= 15 is 0 Å². The fourth-order valence-electron chi connectivity index (χ4n) is 1.35. The summed E-state index contributed by atoms with van der Waals surface area (Å²) in [5, 5.41) is 0. The molecule has 1 aliphatic rings. The highest BCUT2D eigenvalue weighted by atomic mass is 16.5. The van der Waals surface area contributed by atoms with E-state index in [1.807, 2.05) is 0 Å². The second-order valence-electron chi connectivity index (χ2n) is 2.98. The lowest BCUT2D eigenvalue weighted by molar-refractivity contribution is 0.103. The molecule has 1 aromatic heterocycles. The van der Waals surface area contributed by atoms with E-state index in [2.05, 4.69) is 0 Å². The summed E-state index contributed by atoms with van der Waals surface area (Å²) < 4.78 is 10.1. The summed E-state index contributed by atoms with van der Waals surface area (Å²) in [6, 6.07) is 1.69. The molecule has 0 atom stereocenters. The molecule has 3 heteroatoms. The number of aryl methyl sites for hydroxylation is 1. The van der Waals surface area contributed by atoms with Crippen molar-refractivity contribution >= 4 is 5.78 Å². The molecule has 0 aliphatic carbocycles. The van der Waals surface area contributed by atoms with Crippen molar-refractivity contribution in [2.75, 3.05) is 6.61 Å². The Morgan fingerprint density at radius 2 is 2.38 bits per heavy atom. The smallest absolute Gasteiger partial charge is 0.195 e. The molecule has 2 rings (SSSR count). The number of ether oxygens (including phenoxy) is 1. The molecular weight excluding hydrogens is 168 g/mol. The SMILES string of the molecule is Cc1occc1C(=O)C1=COCC1. The topological polar surface area (TPSA) is 39.4 Å². The van der Waals surface area contributed by atoms with Crippen molar-refractivity contribution in [3.63, 3.8) is 0 Å². The molecule has 3 nitrogen and oxygen atoms in total. The van der Waals surface area contributed by atoms with Crippen LogP contribution in [0.4, 0.5) is 0 Å². The molecular formula is C10H10O3. The van der Waals surface area contributed by atoms with Gasteiger partial charge in [0.2, 0.25) is 0 Å². The molecule has 0 radical (unpaired) electrons. The zero-order chi connectivity index (χ0) is 9.26. The number of carbonyl (C=O) groups excluding carboxylic acids is 1. The molecule has 1 aliphatic heterocycles. The van der Waals surface area contributed by atoms with E-state index in [-0.39, 0.29) is 5.78 Å². The maximum atomic E-state index is 11.7. The Labute approximate surface area is 76.0 Å². The Balaban J connectivity index is 2.27. The summed E-state index contributed by atoms with van der Waals surface area (Å²) in [4.78, 5) is 11.7. The summed E-state index contributed by atoms with van der Waals surface area (Å²) in [5.41, 5.74) is 1.36. The molecule has 0 N–H and O–H groups in total. The second-order valence-corrected chi connectivity index (χ2v) is 2.98. The van der Waals surface area contributed by atoms with Gasteiger partial charge in [0.25, 0.3) is 0 Å². The van der Waals surface area contributed by atoms with Crippen LogP contribution in [0.15, 0.2) is 28.6 Å². The Hall–Kier alpha value is -1.51. The molecule has 0 bridgehead atoms. The third-order valence-corrected chi connectivity index (χ3v) is 2.11. The third kappa shape index (κ3) is 1.37. The van der Waals surface area contributed by atoms with Crippen LogP contribution in [0.3, 0.4) is 0 Å². The Morgan fingerprint density at radius 1 is 1.54 bits per heavy atom. The van der Waals surface area contributed by atoms with E-state index in [0.717, 1.165) is 5.57 Å². The van der Waals surface area contributed by atoms with E-state index in [9.17, 15) is 4.79 Å². The number of furan rings is 1. The molecule has 0 unspecified atom stereocenters. The van der Waals surface area contributed by atoms with Gasteiger partial charge in [0, 0.05) is 12.0 Å². The number of ketones is 1. The largest absolute Gasteiger partial charge is 0.500 e. The number of Topliss-reactive ketones (excluding diaryl/α,β-unsaturated/α-hetero) is 1. The first-order valence-corrected chi connectivity index (χ1v) is 4.18. The van der Waals surface area contributed by atoms with E-state index in [1.54, 1.807) is 13.0 Å². The lowest BCUT2D eigenvalue weighted by Gasteiger charge is -1.96. The predicted octanol–water partition coefficient (Wildman–Crippen LogP) is 2.07. The van der Waals surface area contributed by atoms with Gasteiger partial charge in [-0.15, -0.1) is 0 Å². The number of hydrogen-bond acceptors (Lipinski definition) is 3. The van der Waals surface area contributed by atoms with Crippen LogP contribution in [0.2, 0.25) is 0 Å². The Bertz CT molecular complexity index is 360. The summed E-state index contributed by atoms with van der Waals surface area (Å²) in [5.74, 6) is 0.682. The predicted molar refractivity (Wildman–Crippen MR) is 46.4 cm³/mol. The highest BCUT2D eigenvalue weighted by Crippen LogP contribution is 2.19. The summed E-state index contributed by atoms with van der Waals surface area (Å²) in [6.07, 6.45) is 3.76. The molecule has 2 heterocycles. The van der Waals surface area contributed by atoms with Crippen LogP contribution in [-0.4, -0.2) is 12.4 Å². The van der Waals surface area contributed by atoms with Gasteiger partial charge in [0.05, 0.1) is 24.7 Å². The first-order chi connectivity index (χ1) is 6.29. The molecule has 0 spiro atoms. The Kier molecular flexibility index (Phi) is 1.93. The van der Waals surface area contributed by atoms with E-state index in [1.165, 1.54) is 12.5 Å². The highest BCUT2D eigenvalue weighted by molar-refractivity contribution is 6.09. The quantitative estimate of drug-likeness (QED) is 0.651. The molecule has 0 fully saturated rings. The van der Waals surface area contributed by atoms with Gasteiger partial charge in [-0.1, -0.05) is 0 Å². The maximum Gasteiger partial charge on any atom is 0.195 e. The van der Waals surface area contributed by atoms with Crippen LogP contribution in [0.1, 0.15) is 22.5 Å². The van der Waals surface area contributed by atoms with Gasteiger partial charge in [-0.3, -0.25) is 4.79 Å². The molecule has 13 heavy (non-hydrogen) atoms. The van der Waals surface area contributed by atoms with Gasteiger partial charge >= 0.3 is 0 Å². The standard InChI is InChI=1S/C10H10O3/c1-7-9(3-5-13-7)10(11)8-2-4-12-6-8/h3,5-6H,2,4H2,1H3. The minimum atomic E-state index is 0.0174. The van der Waals surface area contributed by atoms with Crippen LogP contribution in [0.25, 0.3) is 0 Å². The van der Waals surface area contributed by atoms with Gasteiger partial charge in [-0.05, 0) is 13.0 Å². The van der Waals surface area contributed by atoms with Crippen molar-refractivity contribution in [3.8, 4) is 0 Å². The molecule has 1 aromatic rings. The van der Waals surface area contributed by atoms with Crippen LogP contribution < -0.4 is 0 Å².